The number of hydrogen-bond donors (Lipinski definition) is 1. The molecule has 5 rings (SSSR count). The highest BCUT2D eigenvalue weighted by atomic mass is 35.5. The van der Waals surface area contributed by atoms with Gasteiger partial charge in [0.2, 0.25) is 6.79 Å². The summed E-state index contributed by atoms with van der Waals surface area (Å²) in [5, 5.41) is 2.72. The summed E-state index contributed by atoms with van der Waals surface area (Å²) in [6.07, 6.45) is 1.29. The second kappa shape index (κ2) is 7.33. The number of fused-ring (bicyclic) bond motifs is 1. The molecule has 31 heavy (non-hydrogen) atoms. The van der Waals surface area contributed by atoms with Gasteiger partial charge in [0.05, 0.1) is 5.69 Å². The number of anilines is 1. The molecule has 0 atom stereocenters. The van der Waals surface area contributed by atoms with Crippen LogP contribution in [-0.4, -0.2) is 24.6 Å². The van der Waals surface area contributed by atoms with Crippen LogP contribution < -0.4 is 19.7 Å². The SMILES string of the molecule is O=C1NC(=O)N(c2ccc3c(c2)OCO3)C(=O)C1=Cc1ccc(-c2cccc(Cl)c2)o1. The molecule has 9 heteroatoms. The molecule has 1 fully saturated rings. The third-order valence-electron chi connectivity index (χ3n) is 4.74. The van der Waals surface area contributed by atoms with Crippen molar-refractivity contribution in [3.05, 3.63) is 71.0 Å². The number of rotatable bonds is 3. The fraction of sp³-hybridized carbons (Fsp3) is 0.0455. The van der Waals surface area contributed by atoms with Gasteiger partial charge in [0.25, 0.3) is 11.8 Å². The molecular formula is C22H13ClN2O6. The number of benzene rings is 2. The van der Waals surface area contributed by atoms with E-state index >= 15 is 0 Å². The minimum atomic E-state index is -0.856. The lowest BCUT2D eigenvalue weighted by Crippen LogP contribution is -2.54. The van der Waals surface area contributed by atoms with Crippen LogP contribution in [0.25, 0.3) is 17.4 Å². The quantitative estimate of drug-likeness (QED) is 0.492. The predicted molar refractivity (Wildman–Crippen MR) is 111 cm³/mol. The van der Waals surface area contributed by atoms with E-state index in [1.165, 1.54) is 18.2 Å². The fourth-order valence-electron chi connectivity index (χ4n) is 3.29. The lowest BCUT2D eigenvalue weighted by molar-refractivity contribution is -0.122. The highest BCUT2D eigenvalue weighted by Gasteiger charge is 2.37. The van der Waals surface area contributed by atoms with Crippen LogP contribution in [0.5, 0.6) is 11.5 Å². The first-order valence-electron chi connectivity index (χ1n) is 9.16. The molecule has 154 valence electrons. The van der Waals surface area contributed by atoms with Crippen molar-refractivity contribution in [2.24, 2.45) is 0 Å². The van der Waals surface area contributed by atoms with Gasteiger partial charge >= 0.3 is 6.03 Å². The number of ether oxygens (including phenoxy) is 2. The van der Waals surface area contributed by atoms with E-state index in [2.05, 4.69) is 5.32 Å². The molecule has 0 aliphatic carbocycles. The van der Waals surface area contributed by atoms with Gasteiger partial charge in [-0.15, -0.1) is 0 Å². The first-order valence-corrected chi connectivity index (χ1v) is 9.54. The van der Waals surface area contributed by atoms with Crippen LogP contribution in [0.3, 0.4) is 0 Å². The average Bonchev–Trinajstić information content (AvgIpc) is 3.40. The van der Waals surface area contributed by atoms with Crippen LogP contribution in [0.4, 0.5) is 10.5 Å². The summed E-state index contributed by atoms with van der Waals surface area (Å²) in [5.74, 6) is 0.0958. The van der Waals surface area contributed by atoms with Crippen molar-refractivity contribution in [2.45, 2.75) is 0 Å². The Morgan fingerprint density at radius 3 is 2.65 bits per heavy atom. The molecule has 3 aromatic rings. The van der Waals surface area contributed by atoms with E-state index in [9.17, 15) is 14.4 Å². The van der Waals surface area contributed by atoms with Crippen LogP contribution >= 0.6 is 11.6 Å². The van der Waals surface area contributed by atoms with Crippen molar-refractivity contribution >= 4 is 41.2 Å². The zero-order valence-corrected chi connectivity index (χ0v) is 16.5. The molecule has 2 aliphatic rings. The van der Waals surface area contributed by atoms with Gasteiger partial charge < -0.3 is 13.9 Å². The molecular weight excluding hydrogens is 424 g/mol. The highest BCUT2D eigenvalue weighted by Crippen LogP contribution is 2.36. The van der Waals surface area contributed by atoms with Crippen molar-refractivity contribution in [2.75, 3.05) is 11.7 Å². The molecule has 0 bridgehead atoms. The minimum Gasteiger partial charge on any atom is -0.457 e. The molecule has 8 nitrogen and oxygen atoms in total. The van der Waals surface area contributed by atoms with Gasteiger partial charge in [-0.05, 0) is 42.5 Å². The summed E-state index contributed by atoms with van der Waals surface area (Å²) in [7, 11) is 0. The second-order valence-corrected chi connectivity index (χ2v) is 7.14. The van der Waals surface area contributed by atoms with Crippen molar-refractivity contribution in [3.63, 3.8) is 0 Å². The van der Waals surface area contributed by atoms with Gasteiger partial charge in [-0.2, -0.15) is 0 Å². The Morgan fingerprint density at radius 1 is 0.968 bits per heavy atom. The van der Waals surface area contributed by atoms with Gasteiger partial charge in [0, 0.05) is 16.7 Å². The van der Waals surface area contributed by atoms with Crippen molar-refractivity contribution in [3.8, 4) is 22.8 Å². The Morgan fingerprint density at radius 2 is 1.81 bits per heavy atom. The molecule has 3 heterocycles. The number of barbiturate groups is 1. The monoisotopic (exact) mass is 436 g/mol. The molecule has 2 aliphatic heterocycles. The van der Waals surface area contributed by atoms with Crippen LogP contribution in [-0.2, 0) is 9.59 Å². The fourth-order valence-corrected chi connectivity index (χ4v) is 3.48. The largest absolute Gasteiger partial charge is 0.457 e. The standard InChI is InChI=1S/C22H13ClN2O6/c23-13-3-1-2-12(8-13)17-7-5-15(31-17)10-16-20(26)24-22(28)25(21(16)27)14-4-6-18-19(9-14)30-11-29-18/h1-10H,11H2,(H,24,26,28). The number of halogens is 1. The van der Waals surface area contributed by atoms with Gasteiger partial charge in [-0.25, -0.2) is 9.69 Å². The summed E-state index contributed by atoms with van der Waals surface area (Å²) in [6.45, 7) is 0.0516. The molecule has 2 aromatic carbocycles. The number of nitrogens with zero attached hydrogens (tertiary/aromatic N) is 1. The summed E-state index contributed by atoms with van der Waals surface area (Å²) in [4.78, 5) is 38.6. The molecule has 0 unspecified atom stereocenters. The molecule has 1 aromatic heterocycles. The van der Waals surface area contributed by atoms with E-state index in [0.29, 0.717) is 22.3 Å². The third kappa shape index (κ3) is 3.43. The van der Waals surface area contributed by atoms with Crippen LogP contribution in [0.2, 0.25) is 5.02 Å². The van der Waals surface area contributed by atoms with Gasteiger partial charge in [-0.1, -0.05) is 23.7 Å². The van der Waals surface area contributed by atoms with Gasteiger partial charge in [-0.3, -0.25) is 14.9 Å². The maximum Gasteiger partial charge on any atom is 0.335 e. The number of furan rings is 1. The normalized spacial score (nSPS) is 16.7. The number of imide groups is 2. The summed E-state index contributed by atoms with van der Waals surface area (Å²) in [5.41, 5.74) is 0.738. The number of nitrogens with one attached hydrogen (secondary N) is 1. The number of urea groups is 1. The molecule has 1 N–H and O–H groups in total. The smallest absolute Gasteiger partial charge is 0.335 e. The predicted octanol–water partition coefficient (Wildman–Crippen LogP) is 4.00. The van der Waals surface area contributed by atoms with Crippen LogP contribution in [0.1, 0.15) is 5.76 Å². The average molecular weight is 437 g/mol. The Hall–Kier alpha value is -4.04. The van der Waals surface area contributed by atoms with E-state index in [0.717, 1.165) is 10.5 Å². The zero-order valence-electron chi connectivity index (χ0n) is 15.8. The number of carbonyl (C=O) groups excluding carboxylic acids is 3. The molecule has 0 spiro atoms. The number of amides is 4. The van der Waals surface area contributed by atoms with E-state index in [4.69, 9.17) is 25.5 Å². The van der Waals surface area contributed by atoms with E-state index in [-0.39, 0.29) is 23.8 Å². The maximum atomic E-state index is 13.0. The Labute approximate surface area is 180 Å². The van der Waals surface area contributed by atoms with Gasteiger partial charge in [0.15, 0.2) is 11.5 Å². The van der Waals surface area contributed by atoms with Crippen LogP contribution in [0, 0.1) is 0 Å². The number of hydrogen-bond acceptors (Lipinski definition) is 6. The summed E-state index contributed by atoms with van der Waals surface area (Å²) >= 11 is 6.01. The molecule has 1 saturated heterocycles. The van der Waals surface area contributed by atoms with Crippen molar-refractivity contribution in [1.82, 2.24) is 5.32 Å². The zero-order chi connectivity index (χ0) is 21.5. The summed E-state index contributed by atoms with van der Waals surface area (Å²) in [6, 6.07) is 14.1. The maximum absolute atomic E-state index is 13.0. The Balaban J connectivity index is 1.47. The molecule has 0 saturated carbocycles. The number of carbonyl (C=O) groups is 3. The van der Waals surface area contributed by atoms with E-state index in [1.54, 1.807) is 36.4 Å². The van der Waals surface area contributed by atoms with Crippen molar-refractivity contribution < 1.29 is 28.3 Å². The Bertz CT molecular complexity index is 1280. The highest BCUT2D eigenvalue weighted by molar-refractivity contribution is 6.39. The first kappa shape index (κ1) is 19.0. The lowest BCUT2D eigenvalue weighted by atomic mass is 10.1. The van der Waals surface area contributed by atoms with Gasteiger partial charge in [0.1, 0.15) is 17.1 Å². The Kier molecular flexibility index (Phi) is 4.48. The van der Waals surface area contributed by atoms with Crippen molar-refractivity contribution in [1.29, 1.82) is 0 Å². The second-order valence-electron chi connectivity index (χ2n) is 6.71. The summed E-state index contributed by atoms with van der Waals surface area (Å²) < 4.78 is 16.3. The third-order valence-corrected chi connectivity index (χ3v) is 4.97. The first-order chi connectivity index (χ1) is 15.0. The van der Waals surface area contributed by atoms with Crippen LogP contribution in [0.15, 0.2) is 64.6 Å². The molecule has 4 amide bonds. The van der Waals surface area contributed by atoms with E-state index < -0.39 is 17.8 Å². The lowest BCUT2D eigenvalue weighted by Gasteiger charge is -2.26. The molecule has 0 radical (unpaired) electrons. The topological polar surface area (TPSA) is 98.1 Å². The van der Waals surface area contributed by atoms with E-state index in [1.807, 2.05) is 6.07 Å². The minimum absolute atomic E-state index is 0.0516.